The Morgan fingerprint density at radius 3 is 2.64 bits per heavy atom. The summed E-state index contributed by atoms with van der Waals surface area (Å²) >= 11 is 6.53. The first-order valence-electron chi connectivity index (χ1n) is 7.05. The molecule has 0 aliphatic heterocycles. The summed E-state index contributed by atoms with van der Waals surface area (Å²) in [6.07, 6.45) is 4.11. The van der Waals surface area contributed by atoms with Gasteiger partial charge in [-0.2, -0.15) is 0 Å². The van der Waals surface area contributed by atoms with E-state index in [0.29, 0.717) is 12.0 Å². The third kappa shape index (κ3) is 6.86. The maximum absolute atomic E-state index is 11.9. The predicted molar refractivity (Wildman–Crippen MR) is 91.5 cm³/mol. The number of carbonyl (C=O) groups excluding carboxylic acids is 2. The van der Waals surface area contributed by atoms with Crippen LogP contribution in [0.2, 0.25) is 0 Å². The normalized spacial score (nSPS) is 9.91. The molecule has 1 rings (SSSR count). The monoisotopic (exact) mass is 340 g/mol. The van der Waals surface area contributed by atoms with Crippen LogP contribution < -0.4 is 16.2 Å². The van der Waals surface area contributed by atoms with Crippen LogP contribution in [0.15, 0.2) is 23.4 Å². The van der Waals surface area contributed by atoms with Crippen molar-refractivity contribution < 1.29 is 9.59 Å². The van der Waals surface area contributed by atoms with E-state index in [2.05, 4.69) is 28.1 Å². The zero-order valence-electron chi connectivity index (χ0n) is 12.6. The number of thioether (sulfide) groups is 1. The second-order valence-corrected chi connectivity index (χ2v) is 5.92. The lowest BCUT2D eigenvalue weighted by atomic mass is 10.3. The van der Waals surface area contributed by atoms with E-state index in [0.717, 1.165) is 23.6 Å². The van der Waals surface area contributed by atoms with Gasteiger partial charge in [-0.05, 0) is 36.5 Å². The third-order valence-corrected chi connectivity index (χ3v) is 3.84. The SMILES string of the molecule is CCCCSc1ccc(C(=O)NNC(=S)NC(=O)CC)cn1. The number of rotatable bonds is 6. The molecule has 8 heteroatoms. The Morgan fingerprint density at radius 1 is 1.27 bits per heavy atom. The van der Waals surface area contributed by atoms with Gasteiger partial charge in [0.2, 0.25) is 5.91 Å². The van der Waals surface area contributed by atoms with Gasteiger partial charge in [-0.3, -0.25) is 20.4 Å². The summed E-state index contributed by atoms with van der Waals surface area (Å²) in [5, 5.41) is 3.37. The number of pyridine rings is 1. The van der Waals surface area contributed by atoms with Gasteiger partial charge in [0.1, 0.15) is 0 Å². The Balaban J connectivity index is 2.42. The standard InChI is InChI=1S/C14H20N4O2S2/c1-3-5-8-22-12-7-6-10(9-15-12)13(20)17-18-14(21)16-11(19)4-2/h6-7,9H,3-5,8H2,1-2H3,(H,17,20)(H2,16,18,19,21). The summed E-state index contributed by atoms with van der Waals surface area (Å²) in [6, 6.07) is 3.51. The number of hydrazine groups is 1. The van der Waals surface area contributed by atoms with Crippen molar-refractivity contribution in [2.75, 3.05) is 5.75 Å². The fourth-order valence-electron chi connectivity index (χ4n) is 1.35. The minimum Gasteiger partial charge on any atom is -0.302 e. The van der Waals surface area contributed by atoms with Crippen LogP contribution in [0.1, 0.15) is 43.5 Å². The molecule has 0 spiro atoms. The average molecular weight is 340 g/mol. The quantitative estimate of drug-likeness (QED) is 0.318. The number of amides is 2. The van der Waals surface area contributed by atoms with Gasteiger partial charge in [-0.1, -0.05) is 20.3 Å². The van der Waals surface area contributed by atoms with Gasteiger partial charge in [0, 0.05) is 12.6 Å². The topological polar surface area (TPSA) is 83.1 Å². The zero-order chi connectivity index (χ0) is 16.4. The molecule has 0 bridgehead atoms. The summed E-state index contributed by atoms with van der Waals surface area (Å²) < 4.78 is 0. The van der Waals surface area contributed by atoms with Crippen molar-refractivity contribution in [3.8, 4) is 0 Å². The number of hydrogen-bond donors (Lipinski definition) is 3. The zero-order valence-corrected chi connectivity index (χ0v) is 14.3. The molecule has 0 fully saturated rings. The first-order valence-corrected chi connectivity index (χ1v) is 8.45. The highest BCUT2D eigenvalue weighted by molar-refractivity contribution is 7.99. The second kappa shape index (κ2) is 10.1. The van der Waals surface area contributed by atoms with Gasteiger partial charge in [0.15, 0.2) is 5.11 Å². The lowest BCUT2D eigenvalue weighted by Gasteiger charge is -2.10. The van der Waals surface area contributed by atoms with Crippen molar-refractivity contribution in [2.24, 2.45) is 0 Å². The molecule has 6 nitrogen and oxygen atoms in total. The molecule has 0 saturated heterocycles. The molecule has 0 unspecified atom stereocenters. The highest BCUT2D eigenvalue weighted by Crippen LogP contribution is 2.16. The Kier molecular flexibility index (Phi) is 8.46. The first kappa shape index (κ1) is 18.4. The van der Waals surface area contributed by atoms with Crippen molar-refractivity contribution in [2.45, 2.75) is 38.1 Å². The molecular weight excluding hydrogens is 320 g/mol. The molecule has 0 radical (unpaired) electrons. The summed E-state index contributed by atoms with van der Waals surface area (Å²) in [7, 11) is 0. The van der Waals surface area contributed by atoms with E-state index in [1.165, 1.54) is 6.20 Å². The maximum Gasteiger partial charge on any atom is 0.271 e. The molecule has 0 atom stereocenters. The number of nitrogens with one attached hydrogen (secondary N) is 3. The number of aromatic nitrogens is 1. The third-order valence-electron chi connectivity index (χ3n) is 2.61. The molecule has 1 aromatic rings. The Morgan fingerprint density at radius 2 is 2.05 bits per heavy atom. The smallest absolute Gasteiger partial charge is 0.271 e. The van der Waals surface area contributed by atoms with Crippen molar-refractivity contribution in [1.82, 2.24) is 21.2 Å². The number of carbonyl (C=O) groups is 2. The maximum atomic E-state index is 11.9. The van der Waals surface area contributed by atoms with Crippen LogP contribution in [0.5, 0.6) is 0 Å². The Bertz CT molecular complexity index is 520. The molecule has 1 aromatic heterocycles. The lowest BCUT2D eigenvalue weighted by Crippen LogP contribution is -2.48. The predicted octanol–water partition coefficient (Wildman–Crippen LogP) is 2.02. The van der Waals surface area contributed by atoms with Crippen LogP contribution >= 0.6 is 24.0 Å². The van der Waals surface area contributed by atoms with E-state index in [4.69, 9.17) is 12.2 Å². The molecule has 2 amide bonds. The van der Waals surface area contributed by atoms with Crippen LogP contribution in [0.3, 0.4) is 0 Å². The molecule has 3 N–H and O–H groups in total. The van der Waals surface area contributed by atoms with E-state index in [9.17, 15) is 9.59 Å². The highest BCUT2D eigenvalue weighted by atomic mass is 32.2. The van der Waals surface area contributed by atoms with Crippen LogP contribution in [0.4, 0.5) is 0 Å². The molecule has 22 heavy (non-hydrogen) atoms. The summed E-state index contributed by atoms with van der Waals surface area (Å²) in [4.78, 5) is 27.2. The molecule has 0 aromatic carbocycles. The minimum atomic E-state index is -0.370. The van der Waals surface area contributed by atoms with Gasteiger partial charge in [-0.15, -0.1) is 11.8 Å². The fourth-order valence-corrected chi connectivity index (χ4v) is 2.45. The van der Waals surface area contributed by atoms with Crippen LogP contribution in [0, 0.1) is 0 Å². The van der Waals surface area contributed by atoms with E-state index in [1.54, 1.807) is 24.8 Å². The van der Waals surface area contributed by atoms with Gasteiger partial charge < -0.3 is 5.32 Å². The van der Waals surface area contributed by atoms with Gasteiger partial charge in [0.05, 0.1) is 10.6 Å². The Labute approximate surface area is 139 Å². The van der Waals surface area contributed by atoms with Crippen LogP contribution in [0.25, 0.3) is 0 Å². The summed E-state index contributed by atoms with van der Waals surface area (Å²) in [5.74, 6) is 0.426. The average Bonchev–Trinajstić information content (AvgIpc) is 2.53. The summed E-state index contributed by atoms with van der Waals surface area (Å²) in [6.45, 7) is 3.85. The number of hydrogen-bond acceptors (Lipinski definition) is 5. The Hall–Kier alpha value is -1.67. The van der Waals surface area contributed by atoms with Gasteiger partial charge in [-0.25, -0.2) is 4.98 Å². The van der Waals surface area contributed by atoms with Crippen molar-refractivity contribution in [3.05, 3.63) is 23.9 Å². The first-order chi connectivity index (χ1) is 10.6. The van der Waals surface area contributed by atoms with E-state index in [-0.39, 0.29) is 16.9 Å². The molecule has 0 aliphatic rings. The molecule has 0 aliphatic carbocycles. The van der Waals surface area contributed by atoms with Crippen LogP contribution in [-0.2, 0) is 4.79 Å². The van der Waals surface area contributed by atoms with Crippen LogP contribution in [-0.4, -0.2) is 27.7 Å². The molecule has 0 saturated carbocycles. The fraction of sp³-hybridized carbons (Fsp3) is 0.429. The van der Waals surface area contributed by atoms with E-state index >= 15 is 0 Å². The van der Waals surface area contributed by atoms with E-state index < -0.39 is 0 Å². The van der Waals surface area contributed by atoms with Crippen molar-refractivity contribution in [3.63, 3.8) is 0 Å². The summed E-state index contributed by atoms with van der Waals surface area (Å²) in [5.41, 5.74) is 5.29. The number of unbranched alkanes of at least 4 members (excludes halogenated alkanes) is 1. The van der Waals surface area contributed by atoms with Gasteiger partial charge in [0.25, 0.3) is 5.91 Å². The van der Waals surface area contributed by atoms with E-state index in [1.807, 2.05) is 6.07 Å². The highest BCUT2D eigenvalue weighted by Gasteiger charge is 2.07. The number of nitrogens with zero attached hydrogens (tertiary/aromatic N) is 1. The largest absolute Gasteiger partial charge is 0.302 e. The molecule has 120 valence electrons. The van der Waals surface area contributed by atoms with Crippen molar-refractivity contribution >= 4 is 40.9 Å². The van der Waals surface area contributed by atoms with Crippen molar-refractivity contribution in [1.29, 1.82) is 0 Å². The molecule has 1 heterocycles. The molecular formula is C14H20N4O2S2. The number of thiocarbonyl (C=S) groups is 1. The minimum absolute atomic E-state index is 0.0555. The lowest BCUT2D eigenvalue weighted by molar-refractivity contribution is -0.119. The second-order valence-electron chi connectivity index (χ2n) is 4.40. The van der Waals surface area contributed by atoms with Gasteiger partial charge >= 0.3 is 0 Å².